The molecule has 0 atom stereocenters. The monoisotopic (exact) mass is 358 g/mol. The standard InChI is InChI=1S/C18H26N6O2/c1-6-7-19-17(26)10-20-16(25)9-15-13(4)23-24(14(15)5)18-21-11(2)8-12(3)22-18/h8H,6-7,9-10H2,1-5H3,(H,19,26)(H,20,25). The van der Waals surface area contributed by atoms with Crippen molar-refractivity contribution in [1.82, 2.24) is 30.4 Å². The van der Waals surface area contributed by atoms with Crippen molar-refractivity contribution >= 4 is 11.8 Å². The zero-order valence-corrected chi connectivity index (χ0v) is 16.0. The fourth-order valence-corrected chi connectivity index (χ4v) is 2.66. The number of carbonyl (C=O) groups is 2. The van der Waals surface area contributed by atoms with E-state index in [1.54, 1.807) is 4.68 Å². The summed E-state index contributed by atoms with van der Waals surface area (Å²) in [6.45, 7) is 10.1. The largest absolute Gasteiger partial charge is 0.355 e. The predicted molar refractivity (Wildman–Crippen MR) is 98.1 cm³/mol. The van der Waals surface area contributed by atoms with Crippen LogP contribution in [0.25, 0.3) is 5.95 Å². The second kappa shape index (κ2) is 8.55. The van der Waals surface area contributed by atoms with Crippen LogP contribution in [0.1, 0.15) is 41.7 Å². The van der Waals surface area contributed by atoms with Crippen LogP contribution in [0.2, 0.25) is 0 Å². The number of carbonyl (C=O) groups excluding carboxylic acids is 2. The highest BCUT2D eigenvalue weighted by atomic mass is 16.2. The predicted octanol–water partition coefficient (Wildman–Crippen LogP) is 1.08. The van der Waals surface area contributed by atoms with E-state index >= 15 is 0 Å². The van der Waals surface area contributed by atoms with Gasteiger partial charge < -0.3 is 10.6 Å². The van der Waals surface area contributed by atoms with Gasteiger partial charge in [0, 0.05) is 29.2 Å². The number of hydrogen-bond donors (Lipinski definition) is 2. The Morgan fingerprint density at radius 3 is 2.31 bits per heavy atom. The lowest BCUT2D eigenvalue weighted by molar-refractivity contribution is -0.125. The van der Waals surface area contributed by atoms with Crippen LogP contribution < -0.4 is 10.6 Å². The number of nitrogens with one attached hydrogen (secondary N) is 2. The molecule has 0 unspecified atom stereocenters. The topological polar surface area (TPSA) is 102 Å². The van der Waals surface area contributed by atoms with Crippen molar-refractivity contribution in [3.8, 4) is 5.95 Å². The Morgan fingerprint density at radius 2 is 1.69 bits per heavy atom. The zero-order chi connectivity index (χ0) is 19.3. The van der Waals surface area contributed by atoms with Crippen molar-refractivity contribution in [2.24, 2.45) is 0 Å². The van der Waals surface area contributed by atoms with Crippen LogP contribution in [-0.2, 0) is 16.0 Å². The van der Waals surface area contributed by atoms with Crippen LogP contribution in [0.4, 0.5) is 0 Å². The van der Waals surface area contributed by atoms with E-state index in [9.17, 15) is 9.59 Å². The molecule has 0 bridgehead atoms. The lowest BCUT2D eigenvalue weighted by Gasteiger charge is -2.07. The average molecular weight is 358 g/mol. The van der Waals surface area contributed by atoms with Gasteiger partial charge in [0.2, 0.25) is 11.8 Å². The number of nitrogens with zero attached hydrogens (tertiary/aromatic N) is 4. The lowest BCUT2D eigenvalue weighted by Crippen LogP contribution is -2.37. The van der Waals surface area contributed by atoms with E-state index < -0.39 is 0 Å². The Balaban J connectivity index is 2.10. The molecule has 0 radical (unpaired) electrons. The first kappa shape index (κ1) is 19.6. The molecule has 2 aromatic rings. The summed E-state index contributed by atoms with van der Waals surface area (Å²) in [5, 5.41) is 9.85. The van der Waals surface area contributed by atoms with Gasteiger partial charge in [-0.25, -0.2) is 14.6 Å². The van der Waals surface area contributed by atoms with Crippen molar-refractivity contribution in [3.63, 3.8) is 0 Å². The molecule has 2 heterocycles. The minimum absolute atomic E-state index is 0.0226. The Labute approximate surface area is 153 Å². The molecule has 8 nitrogen and oxygen atoms in total. The maximum Gasteiger partial charge on any atom is 0.251 e. The quantitative estimate of drug-likeness (QED) is 0.771. The van der Waals surface area contributed by atoms with E-state index in [-0.39, 0.29) is 24.8 Å². The number of aryl methyl sites for hydroxylation is 3. The lowest BCUT2D eigenvalue weighted by atomic mass is 10.1. The highest BCUT2D eigenvalue weighted by molar-refractivity contribution is 5.85. The fraction of sp³-hybridized carbons (Fsp3) is 0.500. The van der Waals surface area contributed by atoms with Crippen molar-refractivity contribution in [1.29, 1.82) is 0 Å². The molecule has 0 saturated carbocycles. The maximum absolute atomic E-state index is 12.2. The molecule has 0 fully saturated rings. The third kappa shape index (κ3) is 4.87. The van der Waals surface area contributed by atoms with E-state index in [2.05, 4.69) is 25.7 Å². The molecule has 140 valence electrons. The van der Waals surface area contributed by atoms with E-state index in [0.717, 1.165) is 34.8 Å². The Morgan fingerprint density at radius 1 is 1.04 bits per heavy atom. The molecular formula is C18H26N6O2. The molecule has 0 aliphatic rings. The summed E-state index contributed by atoms with van der Waals surface area (Å²) < 4.78 is 1.66. The van der Waals surface area contributed by atoms with Crippen LogP contribution in [0.15, 0.2) is 6.07 Å². The molecule has 2 amide bonds. The van der Waals surface area contributed by atoms with Gasteiger partial charge in [0.25, 0.3) is 5.95 Å². The van der Waals surface area contributed by atoms with E-state index in [4.69, 9.17) is 0 Å². The highest BCUT2D eigenvalue weighted by Crippen LogP contribution is 2.17. The van der Waals surface area contributed by atoms with Crippen LogP contribution >= 0.6 is 0 Å². The van der Waals surface area contributed by atoms with Crippen LogP contribution in [0.5, 0.6) is 0 Å². The van der Waals surface area contributed by atoms with E-state index in [1.165, 1.54) is 0 Å². The third-order valence-electron chi connectivity index (χ3n) is 3.96. The summed E-state index contributed by atoms with van der Waals surface area (Å²) in [6, 6.07) is 1.90. The SMILES string of the molecule is CCCNC(=O)CNC(=O)Cc1c(C)nn(-c2nc(C)cc(C)n2)c1C. The van der Waals surface area contributed by atoms with Gasteiger partial charge in [-0.15, -0.1) is 0 Å². The van der Waals surface area contributed by atoms with Crippen molar-refractivity contribution in [2.75, 3.05) is 13.1 Å². The smallest absolute Gasteiger partial charge is 0.251 e. The van der Waals surface area contributed by atoms with Gasteiger partial charge in [-0.1, -0.05) is 6.92 Å². The zero-order valence-electron chi connectivity index (χ0n) is 16.0. The third-order valence-corrected chi connectivity index (χ3v) is 3.96. The molecule has 26 heavy (non-hydrogen) atoms. The highest BCUT2D eigenvalue weighted by Gasteiger charge is 2.18. The number of amides is 2. The molecule has 0 spiro atoms. The molecule has 8 heteroatoms. The van der Waals surface area contributed by atoms with Gasteiger partial charge in [0.1, 0.15) is 0 Å². The van der Waals surface area contributed by atoms with Gasteiger partial charge >= 0.3 is 0 Å². The molecular weight excluding hydrogens is 332 g/mol. The summed E-state index contributed by atoms with van der Waals surface area (Å²) in [5.41, 5.74) is 4.10. The van der Waals surface area contributed by atoms with Crippen LogP contribution in [-0.4, -0.2) is 44.7 Å². The fourth-order valence-electron chi connectivity index (χ4n) is 2.66. The Hall–Kier alpha value is -2.77. The van der Waals surface area contributed by atoms with Gasteiger partial charge in [0.15, 0.2) is 0 Å². The first-order valence-electron chi connectivity index (χ1n) is 8.73. The van der Waals surface area contributed by atoms with E-state index in [1.807, 2.05) is 40.7 Å². The summed E-state index contributed by atoms with van der Waals surface area (Å²) >= 11 is 0. The summed E-state index contributed by atoms with van der Waals surface area (Å²) in [6.07, 6.45) is 1.02. The molecule has 2 aromatic heterocycles. The molecule has 0 aliphatic heterocycles. The van der Waals surface area contributed by atoms with Crippen LogP contribution in [0.3, 0.4) is 0 Å². The van der Waals surface area contributed by atoms with Crippen molar-refractivity contribution < 1.29 is 9.59 Å². The second-order valence-corrected chi connectivity index (χ2v) is 6.32. The molecule has 2 rings (SSSR count). The number of hydrogen-bond acceptors (Lipinski definition) is 5. The Kier molecular flexibility index (Phi) is 6.43. The van der Waals surface area contributed by atoms with Crippen LogP contribution in [0, 0.1) is 27.7 Å². The molecule has 0 aliphatic carbocycles. The summed E-state index contributed by atoms with van der Waals surface area (Å²) in [4.78, 5) is 32.6. The minimum atomic E-state index is -0.219. The maximum atomic E-state index is 12.2. The van der Waals surface area contributed by atoms with Gasteiger partial charge in [-0.3, -0.25) is 9.59 Å². The second-order valence-electron chi connectivity index (χ2n) is 6.32. The first-order chi connectivity index (χ1) is 12.3. The molecule has 0 saturated heterocycles. The van der Waals surface area contributed by atoms with Gasteiger partial charge in [0.05, 0.1) is 18.7 Å². The van der Waals surface area contributed by atoms with Crippen molar-refractivity contribution in [2.45, 2.75) is 47.5 Å². The molecule has 2 N–H and O–H groups in total. The van der Waals surface area contributed by atoms with Gasteiger partial charge in [-0.2, -0.15) is 5.10 Å². The number of rotatable bonds is 7. The van der Waals surface area contributed by atoms with Crippen molar-refractivity contribution in [3.05, 3.63) is 34.4 Å². The summed E-state index contributed by atoms with van der Waals surface area (Å²) in [5.74, 6) is 0.0883. The van der Waals surface area contributed by atoms with E-state index in [0.29, 0.717) is 12.5 Å². The summed E-state index contributed by atoms with van der Waals surface area (Å²) in [7, 11) is 0. The van der Waals surface area contributed by atoms with Gasteiger partial charge in [-0.05, 0) is 40.2 Å². The minimum Gasteiger partial charge on any atom is -0.355 e. The number of aromatic nitrogens is 4. The Bertz CT molecular complexity index is 792. The molecule has 0 aromatic carbocycles. The first-order valence-corrected chi connectivity index (χ1v) is 8.73. The average Bonchev–Trinajstić information content (AvgIpc) is 2.85. The normalized spacial score (nSPS) is 10.7.